The Hall–Kier alpha value is -5.15. The van der Waals surface area contributed by atoms with Gasteiger partial charge in [-0.25, -0.2) is 14.0 Å². The quantitative estimate of drug-likeness (QED) is 0.131. The van der Waals surface area contributed by atoms with Crippen LogP contribution in [0.5, 0.6) is 5.75 Å². The lowest BCUT2D eigenvalue weighted by molar-refractivity contribution is 0.0600. The molecule has 1 heterocycles. The number of methoxy groups -OCH3 is 1. The number of anilines is 3. The number of ether oxygens (including phenoxy) is 2. The number of hydrogen-bond acceptors (Lipinski definition) is 7. The minimum atomic E-state index is -1.42. The lowest BCUT2D eigenvalue weighted by Gasteiger charge is -2.27. The fourth-order valence-electron chi connectivity index (χ4n) is 6.25. The van der Waals surface area contributed by atoms with Gasteiger partial charge in [0.15, 0.2) is 0 Å². The van der Waals surface area contributed by atoms with Crippen molar-refractivity contribution in [1.29, 1.82) is 0 Å². The van der Waals surface area contributed by atoms with Crippen LogP contribution in [0.3, 0.4) is 0 Å². The molecule has 0 saturated carbocycles. The number of nitrogens with zero attached hydrogens (tertiary/aromatic N) is 3. The molecule has 53 heavy (non-hydrogen) atoms. The van der Waals surface area contributed by atoms with Gasteiger partial charge < -0.3 is 24.0 Å². The van der Waals surface area contributed by atoms with Crippen molar-refractivity contribution in [3.63, 3.8) is 0 Å². The van der Waals surface area contributed by atoms with Crippen LogP contribution < -0.4 is 14.4 Å². The summed E-state index contributed by atoms with van der Waals surface area (Å²) in [7, 11) is 4.02. The molecule has 9 heteroatoms. The topological polar surface area (TPSA) is 84.0 Å². The number of pyridine rings is 1. The largest absolute Gasteiger partial charge is 0.493 e. The van der Waals surface area contributed by atoms with E-state index in [0.29, 0.717) is 36.9 Å². The van der Waals surface area contributed by atoms with E-state index in [1.807, 2.05) is 44.4 Å². The molecule has 0 saturated heterocycles. The van der Waals surface area contributed by atoms with Crippen molar-refractivity contribution in [2.75, 3.05) is 44.0 Å². The third-order valence-corrected chi connectivity index (χ3v) is 10.3. The Morgan fingerprint density at radius 3 is 2.36 bits per heavy atom. The monoisotopic (exact) mass is 732 g/mol. The first-order valence-corrected chi connectivity index (χ1v) is 19.4. The van der Waals surface area contributed by atoms with Crippen LogP contribution in [-0.2, 0) is 15.7 Å². The van der Waals surface area contributed by atoms with Crippen molar-refractivity contribution in [2.45, 2.75) is 53.4 Å². The van der Waals surface area contributed by atoms with Crippen molar-refractivity contribution in [2.24, 2.45) is 5.92 Å². The molecule has 1 N–H and O–H groups in total. The number of rotatable bonds is 14. The molecular weight excluding hydrogens is 681 g/mol. The number of benzene rings is 2. The van der Waals surface area contributed by atoms with Crippen molar-refractivity contribution < 1.29 is 18.5 Å². The molecule has 0 aliphatic heterocycles. The number of hydrogen-bond donors (Lipinski definition) is 1. The zero-order valence-corrected chi connectivity index (χ0v) is 33.0. The number of esters is 1. The molecule has 0 amide bonds. The zero-order chi connectivity index (χ0) is 38.1. The first kappa shape index (κ1) is 39.1. The lowest BCUT2D eigenvalue weighted by atomic mass is 9.97. The van der Waals surface area contributed by atoms with Gasteiger partial charge in [0.2, 0.25) is 0 Å². The molecule has 0 bridgehead atoms. The average Bonchev–Trinajstić information content (AvgIpc) is 3.49. The number of carbonyl (C=O) groups is 1. The third kappa shape index (κ3) is 9.64. The van der Waals surface area contributed by atoms with Crippen LogP contribution in [-0.4, -0.2) is 54.4 Å². The summed E-state index contributed by atoms with van der Waals surface area (Å²) in [5.41, 5.74) is 8.57. The molecule has 1 atom stereocenters. The molecule has 0 fully saturated rings. The summed E-state index contributed by atoms with van der Waals surface area (Å²) in [5, 5.41) is 0. The van der Waals surface area contributed by atoms with Crippen LogP contribution in [0.15, 0.2) is 113 Å². The minimum Gasteiger partial charge on any atom is -0.493 e. The maximum absolute atomic E-state index is 13.8. The van der Waals surface area contributed by atoms with Crippen LogP contribution in [0.1, 0.15) is 80.4 Å². The molecule has 0 spiro atoms. The maximum Gasteiger partial charge on any atom is 0.339 e. The number of allylic oxidation sites excluding steroid dienone is 8. The molecule has 5 rings (SSSR count). The molecule has 1 aromatic heterocycles. The van der Waals surface area contributed by atoms with E-state index in [2.05, 4.69) is 115 Å². The predicted molar refractivity (Wildman–Crippen MR) is 221 cm³/mol. The highest BCUT2D eigenvalue weighted by Gasteiger charge is 2.23. The van der Waals surface area contributed by atoms with Gasteiger partial charge in [-0.15, -0.1) is 0 Å². The van der Waals surface area contributed by atoms with Crippen molar-refractivity contribution >= 4 is 46.3 Å². The molecule has 1 unspecified atom stereocenters. The van der Waals surface area contributed by atoms with Crippen LogP contribution in [0, 0.1) is 5.92 Å². The second-order valence-corrected chi connectivity index (χ2v) is 15.2. The molecule has 278 valence electrons. The molecule has 2 aromatic carbocycles. The van der Waals surface area contributed by atoms with E-state index >= 15 is 0 Å². The van der Waals surface area contributed by atoms with E-state index in [1.54, 1.807) is 12.3 Å². The minimum absolute atomic E-state index is 0.239. The highest BCUT2D eigenvalue weighted by atomic mass is 32.2. The highest BCUT2D eigenvalue weighted by Crippen LogP contribution is 2.38. The molecule has 0 radical (unpaired) electrons. The summed E-state index contributed by atoms with van der Waals surface area (Å²) in [6.07, 6.45) is 19.7. The smallest absolute Gasteiger partial charge is 0.339 e. The van der Waals surface area contributed by atoms with Crippen molar-refractivity contribution in [3.05, 3.63) is 135 Å². The fraction of sp³-hybridized carbons (Fsp3) is 0.318. The Kier molecular flexibility index (Phi) is 13.3. The van der Waals surface area contributed by atoms with Crippen LogP contribution in [0.2, 0.25) is 0 Å². The predicted octanol–water partition coefficient (Wildman–Crippen LogP) is 9.98. The number of likely N-dealkylation sites (N-methyl/N-ethyl adjacent to an activating group) is 1. The van der Waals surface area contributed by atoms with Gasteiger partial charge in [-0.2, -0.15) is 0 Å². The van der Waals surface area contributed by atoms with Crippen LogP contribution >= 0.6 is 0 Å². The van der Waals surface area contributed by atoms with Gasteiger partial charge in [0, 0.05) is 61.2 Å². The Balaban J connectivity index is 1.44. The van der Waals surface area contributed by atoms with Gasteiger partial charge in [0.25, 0.3) is 0 Å². The number of nitrogens with one attached hydrogen (secondary N) is 1. The first-order chi connectivity index (χ1) is 25.5. The Bertz CT molecular complexity index is 1980. The van der Waals surface area contributed by atoms with E-state index < -0.39 is 17.0 Å². The number of fused-ring (bicyclic) bond motifs is 1. The van der Waals surface area contributed by atoms with E-state index in [0.717, 1.165) is 62.0 Å². The van der Waals surface area contributed by atoms with E-state index in [9.17, 15) is 9.00 Å². The van der Waals surface area contributed by atoms with Gasteiger partial charge in [-0.1, -0.05) is 82.4 Å². The zero-order valence-electron chi connectivity index (χ0n) is 32.2. The first-order valence-electron chi connectivity index (χ1n) is 18.2. The maximum atomic E-state index is 13.8. The Morgan fingerprint density at radius 1 is 0.981 bits per heavy atom. The third-order valence-electron chi connectivity index (χ3n) is 9.04. The van der Waals surface area contributed by atoms with Crippen LogP contribution in [0.25, 0.3) is 12.2 Å². The van der Waals surface area contributed by atoms with E-state index in [-0.39, 0.29) is 5.92 Å². The summed E-state index contributed by atoms with van der Waals surface area (Å²) in [4.78, 5) is 21.8. The highest BCUT2D eigenvalue weighted by molar-refractivity contribution is 7.90. The summed E-state index contributed by atoms with van der Waals surface area (Å²) >= 11 is 0. The summed E-state index contributed by atoms with van der Waals surface area (Å²) < 4.78 is 28.4. The fourth-order valence-corrected chi connectivity index (χ4v) is 7.39. The summed E-state index contributed by atoms with van der Waals surface area (Å²) in [5.74, 6) is 1.75. The van der Waals surface area contributed by atoms with E-state index in [1.165, 1.54) is 7.11 Å². The summed E-state index contributed by atoms with van der Waals surface area (Å²) in [6.45, 7) is 12.0. The molecule has 3 aromatic rings. The Labute approximate surface area is 317 Å². The number of aromatic nitrogens is 1. The molecule has 2 aliphatic carbocycles. The van der Waals surface area contributed by atoms with Gasteiger partial charge in [0.05, 0.1) is 25.0 Å². The normalized spacial score (nSPS) is 14.8. The van der Waals surface area contributed by atoms with Gasteiger partial charge >= 0.3 is 5.97 Å². The van der Waals surface area contributed by atoms with Gasteiger partial charge in [-0.05, 0) is 83.9 Å². The molecule has 8 nitrogen and oxygen atoms in total. The Morgan fingerprint density at radius 2 is 1.72 bits per heavy atom. The molecule has 2 aliphatic rings. The second-order valence-electron chi connectivity index (χ2n) is 14.0. The van der Waals surface area contributed by atoms with Gasteiger partial charge in [-0.3, -0.25) is 0 Å². The van der Waals surface area contributed by atoms with Crippen LogP contribution in [0.4, 0.5) is 17.2 Å². The lowest BCUT2D eigenvalue weighted by Crippen LogP contribution is -2.19. The molecular formula is C44H52N4O4S. The summed E-state index contributed by atoms with van der Waals surface area (Å²) in [6, 6.07) is 15.9. The van der Waals surface area contributed by atoms with Crippen molar-refractivity contribution in [3.8, 4) is 5.75 Å². The van der Waals surface area contributed by atoms with Crippen molar-refractivity contribution in [1.82, 2.24) is 9.88 Å². The second kappa shape index (κ2) is 18.1. The standard InChI is InChI=1S/C44H52N4O4S/c1-9-48(43-25-22-34(28-45-43)44(49)51-8)40-27-41(52-29-30(2)3)38(31(4)5)26-33(40)21-18-32-19-23-35(24-20-32)46-53(50)42-17-13-11-14-36-37(42)15-10-12-16-39(36)47(6)7/h10-14,16,18-28,30-31,46H,9,15,17,29H2,1-8H3/b21-18+. The van der Waals surface area contributed by atoms with Gasteiger partial charge in [0.1, 0.15) is 22.6 Å². The average molecular weight is 733 g/mol. The SMILES string of the molecule is CCN(c1ccc(C(=O)OC)cn1)c1cc(OCC(C)C)c(C(C)C)cc1/C=C/c1ccc(NS(=O)C2=C3CC=CC=C(N(C)C)C3=CC=CC2)cc1. The van der Waals surface area contributed by atoms with E-state index in [4.69, 9.17) is 9.47 Å². The number of carbonyl (C=O) groups excluding carboxylic acids is 1.